The lowest BCUT2D eigenvalue weighted by Crippen LogP contribution is -2.21. The number of halogens is 2. The molecule has 3 nitrogen and oxygen atoms in total. The SMILES string of the molecule is CCn1n[c]cc1OC(C)(F)F. The second-order valence-electron chi connectivity index (χ2n) is 2.34. The Morgan fingerprint density at radius 1 is 1.75 bits per heavy atom. The van der Waals surface area contributed by atoms with Gasteiger partial charge in [-0.25, -0.2) is 4.68 Å². The molecule has 0 saturated heterocycles. The second kappa shape index (κ2) is 3.08. The minimum absolute atomic E-state index is 0.0324. The van der Waals surface area contributed by atoms with E-state index in [0.29, 0.717) is 13.5 Å². The van der Waals surface area contributed by atoms with Crippen LogP contribution in [0.3, 0.4) is 0 Å². The topological polar surface area (TPSA) is 27.1 Å². The fourth-order valence-corrected chi connectivity index (χ4v) is 0.770. The molecule has 1 aromatic heterocycles. The van der Waals surface area contributed by atoms with Crippen LogP contribution in [0.4, 0.5) is 8.78 Å². The maximum Gasteiger partial charge on any atom is 0.396 e. The molecule has 0 N–H and O–H groups in total. The van der Waals surface area contributed by atoms with E-state index in [4.69, 9.17) is 0 Å². The number of aromatic nitrogens is 2. The molecule has 1 radical (unpaired) electrons. The van der Waals surface area contributed by atoms with Gasteiger partial charge in [0, 0.05) is 19.5 Å². The van der Waals surface area contributed by atoms with E-state index in [-0.39, 0.29) is 5.88 Å². The van der Waals surface area contributed by atoms with Crippen LogP contribution in [0.15, 0.2) is 6.07 Å². The van der Waals surface area contributed by atoms with E-state index in [0.717, 1.165) is 0 Å². The summed E-state index contributed by atoms with van der Waals surface area (Å²) in [7, 11) is 0. The molecule has 0 unspecified atom stereocenters. The van der Waals surface area contributed by atoms with E-state index in [1.54, 1.807) is 6.92 Å². The van der Waals surface area contributed by atoms with E-state index >= 15 is 0 Å². The van der Waals surface area contributed by atoms with Crippen molar-refractivity contribution in [2.24, 2.45) is 0 Å². The lowest BCUT2D eigenvalue weighted by Gasteiger charge is -2.12. The summed E-state index contributed by atoms with van der Waals surface area (Å²) in [6, 6.07) is 1.28. The Morgan fingerprint density at radius 3 is 2.92 bits per heavy atom. The van der Waals surface area contributed by atoms with Crippen LogP contribution in [-0.2, 0) is 6.54 Å². The number of alkyl halides is 2. The molecule has 67 valence electrons. The molecule has 0 aliphatic rings. The summed E-state index contributed by atoms with van der Waals surface area (Å²) in [6.07, 6.45) is -0.739. The Bertz CT molecular complexity index is 254. The smallest absolute Gasteiger partial charge is 0.396 e. The zero-order chi connectivity index (χ0) is 9.19. The summed E-state index contributed by atoms with van der Waals surface area (Å²) in [5.41, 5.74) is 0. The molecule has 0 aliphatic carbocycles. The fraction of sp³-hybridized carbons (Fsp3) is 0.571. The van der Waals surface area contributed by atoms with Gasteiger partial charge in [0.05, 0.1) is 0 Å². The van der Waals surface area contributed by atoms with Crippen LogP contribution in [0.25, 0.3) is 0 Å². The van der Waals surface area contributed by atoms with Crippen LogP contribution in [0.2, 0.25) is 0 Å². The number of nitrogens with zero attached hydrogens (tertiary/aromatic N) is 2. The molecule has 0 amide bonds. The first-order valence-corrected chi connectivity index (χ1v) is 3.53. The summed E-state index contributed by atoms with van der Waals surface area (Å²) in [5, 5.41) is 3.65. The maximum atomic E-state index is 12.3. The first kappa shape index (κ1) is 8.96. The van der Waals surface area contributed by atoms with Crippen molar-refractivity contribution in [2.75, 3.05) is 0 Å². The first-order chi connectivity index (χ1) is 5.53. The highest BCUT2D eigenvalue weighted by atomic mass is 19.3. The predicted molar refractivity (Wildman–Crippen MR) is 38.0 cm³/mol. The second-order valence-corrected chi connectivity index (χ2v) is 2.34. The van der Waals surface area contributed by atoms with Crippen molar-refractivity contribution in [3.05, 3.63) is 12.3 Å². The van der Waals surface area contributed by atoms with Crippen LogP contribution in [0.1, 0.15) is 13.8 Å². The van der Waals surface area contributed by atoms with Crippen LogP contribution in [0, 0.1) is 6.20 Å². The third-order valence-electron chi connectivity index (χ3n) is 1.20. The molecule has 1 rings (SSSR count). The third kappa shape index (κ3) is 2.18. The molecule has 0 aromatic carbocycles. The minimum atomic E-state index is -3.17. The summed E-state index contributed by atoms with van der Waals surface area (Å²) in [4.78, 5) is 0. The molecule has 0 saturated carbocycles. The average Bonchev–Trinajstić information content (AvgIpc) is 2.31. The average molecular weight is 175 g/mol. The fourth-order valence-electron chi connectivity index (χ4n) is 0.770. The molecular weight excluding hydrogens is 166 g/mol. The van der Waals surface area contributed by atoms with Crippen LogP contribution in [-0.4, -0.2) is 15.9 Å². The van der Waals surface area contributed by atoms with Crippen molar-refractivity contribution in [1.82, 2.24) is 9.78 Å². The molecule has 0 atom stereocenters. The zero-order valence-corrected chi connectivity index (χ0v) is 6.84. The van der Waals surface area contributed by atoms with Gasteiger partial charge in [-0.3, -0.25) is 0 Å². The number of ether oxygens (including phenoxy) is 1. The molecule has 1 heterocycles. The van der Waals surface area contributed by atoms with Gasteiger partial charge in [-0.05, 0) is 6.92 Å². The Labute approximate surface area is 68.9 Å². The van der Waals surface area contributed by atoms with E-state index in [9.17, 15) is 8.78 Å². The van der Waals surface area contributed by atoms with Gasteiger partial charge < -0.3 is 4.74 Å². The molecule has 0 spiro atoms. The van der Waals surface area contributed by atoms with Gasteiger partial charge in [0.1, 0.15) is 6.20 Å². The predicted octanol–water partition coefficient (Wildman–Crippen LogP) is 1.69. The molecule has 0 fully saturated rings. The van der Waals surface area contributed by atoms with Gasteiger partial charge in [0.25, 0.3) is 0 Å². The van der Waals surface area contributed by atoms with E-state index in [1.807, 2.05) is 0 Å². The van der Waals surface area contributed by atoms with E-state index in [1.165, 1.54) is 10.7 Å². The summed E-state index contributed by atoms with van der Waals surface area (Å²) >= 11 is 0. The normalized spacial score (nSPS) is 11.7. The van der Waals surface area contributed by atoms with Gasteiger partial charge in [0.15, 0.2) is 0 Å². The molecular formula is C7H9F2N2O. The van der Waals surface area contributed by atoms with Gasteiger partial charge in [-0.1, -0.05) is 0 Å². The van der Waals surface area contributed by atoms with Crippen LogP contribution in [0.5, 0.6) is 5.88 Å². The monoisotopic (exact) mass is 175 g/mol. The highest BCUT2D eigenvalue weighted by Crippen LogP contribution is 2.19. The molecule has 1 aromatic rings. The molecule has 5 heteroatoms. The highest BCUT2D eigenvalue weighted by molar-refractivity contribution is 5.06. The quantitative estimate of drug-likeness (QED) is 0.699. The van der Waals surface area contributed by atoms with Crippen LogP contribution < -0.4 is 4.74 Å². The number of aryl methyl sites for hydroxylation is 1. The Balaban J connectivity index is 2.75. The maximum absolute atomic E-state index is 12.3. The molecule has 0 bridgehead atoms. The number of hydrogen-bond acceptors (Lipinski definition) is 2. The van der Waals surface area contributed by atoms with Crippen molar-refractivity contribution in [2.45, 2.75) is 26.5 Å². The molecule has 0 aliphatic heterocycles. The summed E-state index contributed by atoms with van der Waals surface area (Å²) < 4.78 is 30.3. The Kier molecular flexibility index (Phi) is 2.30. The van der Waals surface area contributed by atoms with Crippen molar-refractivity contribution in [1.29, 1.82) is 0 Å². The lowest BCUT2D eigenvalue weighted by molar-refractivity contribution is -0.163. The minimum Gasteiger partial charge on any atom is -0.415 e. The van der Waals surface area contributed by atoms with E-state index < -0.39 is 6.11 Å². The standard InChI is InChI=1S/C7H9F2N2O/c1-3-11-6(4-5-10-11)12-7(2,8)9/h4H,3H2,1-2H3. The van der Waals surface area contributed by atoms with Crippen molar-refractivity contribution < 1.29 is 13.5 Å². The number of rotatable bonds is 3. The summed E-state index contributed by atoms with van der Waals surface area (Å²) in [6.45, 7) is 2.94. The first-order valence-electron chi connectivity index (χ1n) is 3.53. The van der Waals surface area contributed by atoms with Crippen LogP contribution >= 0.6 is 0 Å². The highest BCUT2D eigenvalue weighted by Gasteiger charge is 2.24. The van der Waals surface area contributed by atoms with E-state index in [2.05, 4.69) is 16.0 Å². The van der Waals surface area contributed by atoms with Gasteiger partial charge >= 0.3 is 6.11 Å². The zero-order valence-electron chi connectivity index (χ0n) is 6.84. The lowest BCUT2D eigenvalue weighted by atomic mass is 10.6. The van der Waals surface area contributed by atoms with Gasteiger partial charge in [-0.2, -0.15) is 13.9 Å². The Hall–Kier alpha value is -1.13. The largest absolute Gasteiger partial charge is 0.415 e. The number of hydrogen-bond donors (Lipinski definition) is 0. The summed E-state index contributed by atoms with van der Waals surface area (Å²) in [5.74, 6) is 0.0324. The van der Waals surface area contributed by atoms with Gasteiger partial charge in [-0.15, -0.1) is 0 Å². The van der Waals surface area contributed by atoms with Crippen molar-refractivity contribution in [3.8, 4) is 5.88 Å². The Morgan fingerprint density at radius 2 is 2.42 bits per heavy atom. The van der Waals surface area contributed by atoms with Gasteiger partial charge in [0.2, 0.25) is 5.88 Å². The van der Waals surface area contributed by atoms with Crippen molar-refractivity contribution >= 4 is 0 Å². The van der Waals surface area contributed by atoms with Crippen molar-refractivity contribution in [3.63, 3.8) is 0 Å². The molecule has 12 heavy (non-hydrogen) atoms. The third-order valence-corrected chi connectivity index (χ3v) is 1.20.